The van der Waals surface area contributed by atoms with Crippen LogP contribution in [0.1, 0.15) is 37.5 Å². The molecule has 0 saturated carbocycles. The summed E-state index contributed by atoms with van der Waals surface area (Å²) < 4.78 is 12.1. The van der Waals surface area contributed by atoms with Crippen LogP contribution in [0, 0.1) is 0 Å². The molecule has 0 spiro atoms. The molecule has 116 valence electrons. The van der Waals surface area contributed by atoms with Crippen molar-refractivity contribution in [2.45, 2.75) is 40.0 Å². The number of aromatic hydroxyl groups is 2. The molecular weight excluding hydrogens is 280 g/mol. The SMILES string of the molecule is CCc1cccc2c1Oc1c(CC)c(O)c(O)c(CC)c1O2. The number of fused-ring (bicyclic) bond motifs is 2. The average Bonchev–Trinajstić information content (AvgIpc) is 2.54. The van der Waals surface area contributed by atoms with Crippen molar-refractivity contribution in [3.05, 3.63) is 34.9 Å². The van der Waals surface area contributed by atoms with Gasteiger partial charge in [0, 0.05) is 11.1 Å². The Morgan fingerprint density at radius 1 is 0.773 bits per heavy atom. The van der Waals surface area contributed by atoms with Crippen LogP contribution in [0.4, 0.5) is 0 Å². The molecule has 2 aromatic carbocycles. The summed E-state index contributed by atoms with van der Waals surface area (Å²) in [5.41, 5.74) is 2.19. The number of phenols is 2. The minimum absolute atomic E-state index is 0.112. The largest absolute Gasteiger partial charge is 0.504 e. The molecule has 4 heteroatoms. The minimum Gasteiger partial charge on any atom is -0.504 e. The summed E-state index contributed by atoms with van der Waals surface area (Å²) in [7, 11) is 0. The Bertz CT molecular complexity index is 735. The third kappa shape index (κ3) is 1.98. The van der Waals surface area contributed by atoms with Gasteiger partial charge in [-0.2, -0.15) is 0 Å². The van der Waals surface area contributed by atoms with Gasteiger partial charge < -0.3 is 19.7 Å². The lowest BCUT2D eigenvalue weighted by atomic mass is 10.0. The number of rotatable bonds is 3. The van der Waals surface area contributed by atoms with Gasteiger partial charge in [0.05, 0.1) is 0 Å². The van der Waals surface area contributed by atoms with E-state index < -0.39 is 0 Å². The highest BCUT2D eigenvalue weighted by Crippen LogP contribution is 2.55. The first-order valence-electron chi connectivity index (χ1n) is 7.69. The Hall–Kier alpha value is -2.36. The molecule has 0 amide bonds. The lowest BCUT2D eigenvalue weighted by Crippen LogP contribution is -2.07. The number of ether oxygens (including phenoxy) is 2. The van der Waals surface area contributed by atoms with E-state index in [0.29, 0.717) is 47.0 Å². The normalized spacial score (nSPS) is 12.1. The average molecular weight is 300 g/mol. The van der Waals surface area contributed by atoms with Crippen LogP contribution in [-0.4, -0.2) is 10.2 Å². The van der Waals surface area contributed by atoms with Gasteiger partial charge in [-0.1, -0.05) is 32.9 Å². The topological polar surface area (TPSA) is 58.9 Å². The van der Waals surface area contributed by atoms with Gasteiger partial charge in [-0.15, -0.1) is 0 Å². The van der Waals surface area contributed by atoms with Gasteiger partial charge in [0.1, 0.15) is 0 Å². The second kappa shape index (κ2) is 5.44. The summed E-state index contributed by atoms with van der Waals surface area (Å²) in [5.74, 6) is 2.14. The van der Waals surface area contributed by atoms with Crippen molar-refractivity contribution >= 4 is 0 Å². The first-order valence-corrected chi connectivity index (χ1v) is 7.69. The summed E-state index contributed by atoms with van der Waals surface area (Å²) >= 11 is 0. The number of hydrogen-bond acceptors (Lipinski definition) is 4. The Morgan fingerprint density at radius 3 is 1.91 bits per heavy atom. The Balaban J connectivity index is 2.25. The molecule has 4 nitrogen and oxygen atoms in total. The molecule has 0 saturated heterocycles. The van der Waals surface area contributed by atoms with E-state index in [2.05, 4.69) is 6.92 Å². The highest BCUT2D eigenvalue weighted by molar-refractivity contribution is 5.70. The van der Waals surface area contributed by atoms with E-state index in [9.17, 15) is 10.2 Å². The predicted molar refractivity (Wildman–Crippen MR) is 84.5 cm³/mol. The summed E-state index contributed by atoms with van der Waals surface area (Å²) in [6.07, 6.45) is 1.91. The monoisotopic (exact) mass is 300 g/mol. The summed E-state index contributed by atoms with van der Waals surface area (Å²) in [6, 6.07) is 5.78. The van der Waals surface area contributed by atoms with E-state index in [1.54, 1.807) is 0 Å². The molecule has 0 atom stereocenters. The lowest BCUT2D eigenvalue weighted by molar-refractivity contribution is 0.334. The van der Waals surface area contributed by atoms with Gasteiger partial charge in [0.25, 0.3) is 0 Å². The van der Waals surface area contributed by atoms with E-state index in [1.165, 1.54) is 0 Å². The van der Waals surface area contributed by atoms with Crippen LogP contribution in [0.5, 0.6) is 34.5 Å². The van der Waals surface area contributed by atoms with Crippen molar-refractivity contribution in [2.75, 3.05) is 0 Å². The number of benzene rings is 2. The Morgan fingerprint density at radius 2 is 1.36 bits per heavy atom. The van der Waals surface area contributed by atoms with E-state index in [4.69, 9.17) is 9.47 Å². The van der Waals surface area contributed by atoms with E-state index >= 15 is 0 Å². The van der Waals surface area contributed by atoms with Crippen LogP contribution in [0.2, 0.25) is 0 Å². The van der Waals surface area contributed by atoms with Crippen molar-refractivity contribution in [2.24, 2.45) is 0 Å². The first kappa shape index (κ1) is 14.6. The molecule has 1 heterocycles. The number of aryl methyl sites for hydroxylation is 1. The molecule has 3 rings (SSSR count). The van der Waals surface area contributed by atoms with Gasteiger partial charge in [0.2, 0.25) is 0 Å². The molecule has 0 radical (unpaired) electrons. The maximum atomic E-state index is 10.3. The standard InChI is InChI=1S/C18H20O4/c1-4-10-8-7-9-13-16(10)22-18-12(6-3)15(20)14(19)11(5-2)17(18)21-13/h7-9,19-20H,4-6H2,1-3H3. The van der Waals surface area contributed by atoms with Crippen LogP contribution >= 0.6 is 0 Å². The smallest absolute Gasteiger partial charge is 0.177 e. The highest BCUT2D eigenvalue weighted by atomic mass is 16.6. The van der Waals surface area contributed by atoms with Gasteiger partial charge >= 0.3 is 0 Å². The third-order valence-electron chi connectivity index (χ3n) is 4.12. The molecule has 0 fully saturated rings. The second-order valence-corrected chi connectivity index (χ2v) is 5.32. The van der Waals surface area contributed by atoms with E-state index in [0.717, 1.165) is 12.0 Å². The lowest BCUT2D eigenvalue weighted by Gasteiger charge is -2.27. The molecule has 2 N–H and O–H groups in total. The van der Waals surface area contributed by atoms with E-state index in [1.807, 2.05) is 32.0 Å². The molecule has 2 aromatic rings. The molecule has 0 aliphatic carbocycles. The Labute approximate surface area is 129 Å². The molecule has 0 unspecified atom stereocenters. The molecule has 1 aliphatic heterocycles. The fourth-order valence-electron chi connectivity index (χ4n) is 2.89. The van der Waals surface area contributed by atoms with Crippen LogP contribution in [0.25, 0.3) is 0 Å². The second-order valence-electron chi connectivity index (χ2n) is 5.32. The fourth-order valence-corrected chi connectivity index (χ4v) is 2.89. The maximum absolute atomic E-state index is 10.3. The summed E-state index contributed by atoms with van der Waals surface area (Å²) in [6.45, 7) is 5.87. The summed E-state index contributed by atoms with van der Waals surface area (Å²) in [5, 5.41) is 20.5. The zero-order valence-electron chi connectivity index (χ0n) is 13.1. The minimum atomic E-state index is -0.114. The number of hydrogen-bond donors (Lipinski definition) is 2. The third-order valence-corrected chi connectivity index (χ3v) is 4.12. The van der Waals surface area contributed by atoms with Crippen molar-refractivity contribution in [1.82, 2.24) is 0 Å². The molecular formula is C18H20O4. The van der Waals surface area contributed by atoms with Crippen LogP contribution in [0.15, 0.2) is 18.2 Å². The number of phenolic OH excluding ortho intramolecular Hbond substituents is 2. The molecule has 0 bridgehead atoms. The van der Waals surface area contributed by atoms with Crippen molar-refractivity contribution < 1.29 is 19.7 Å². The van der Waals surface area contributed by atoms with Gasteiger partial charge in [-0.3, -0.25) is 0 Å². The number of para-hydroxylation sites is 1. The summed E-state index contributed by atoms with van der Waals surface area (Å²) in [4.78, 5) is 0. The van der Waals surface area contributed by atoms with Crippen molar-refractivity contribution in [3.63, 3.8) is 0 Å². The zero-order valence-corrected chi connectivity index (χ0v) is 13.1. The maximum Gasteiger partial charge on any atom is 0.177 e. The van der Waals surface area contributed by atoms with Gasteiger partial charge in [-0.25, -0.2) is 0 Å². The van der Waals surface area contributed by atoms with Crippen LogP contribution in [-0.2, 0) is 19.3 Å². The van der Waals surface area contributed by atoms with Gasteiger partial charge in [-0.05, 0) is 30.9 Å². The van der Waals surface area contributed by atoms with Crippen molar-refractivity contribution in [1.29, 1.82) is 0 Å². The van der Waals surface area contributed by atoms with Gasteiger partial charge in [0.15, 0.2) is 34.5 Å². The predicted octanol–water partition coefficient (Wildman–Crippen LogP) is 4.68. The van der Waals surface area contributed by atoms with Crippen molar-refractivity contribution in [3.8, 4) is 34.5 Å². The van der Waals surface area contributed by atoms with Crippen LogP contribution < -0.4 is 9.47 Å². The molecule has 22 heavy (non-hydrogen) atoms. The molecule has 0 aromatic heterocycles. The van der Waals surface area contributed by atoms with E-state index in [-0.39, 0.29) is 11.5 Å². The first-order chi connectivity index (χ1) is 10.6. The zero-order chi connectivity index (χ0) is 15.9. The quantitative estimate of drug-likeness (QED) is 0.689. The fraction of sp³-hybridized carbons (Fsp3) is 0.333. The Kier molecular flexibility index (Phi) is 3.61. The van der Waals surface area contributed by atoms with Crippen LogP contribution in [0.3, 0.4) is 0 Å². The molecule has 1 aliphatic rings. The highest BCUT2D eigenvalue weighted by Gasteiger charge is 2.30.